The van der Waals surface area contributed by atoms with Crippen molar-refractivity contribution in [3.05, 3.63) is 126 Å². The average Bonchev–Trinajstić information content (AvgIpc) is 3.18. The monoisotopic (exact) mass is 473 g/mol. The van der Waals surface area contributed by atoms with E-state index in [2.05, 4.69) is 142 Å². The summed E-state index contributed by atoms with van der Waals surface area (Å²) in [5, 5.41) is 2.53. The van der Waals surface area contributed by atoms with E-state index in [4.69, 9.17) is 0 Å². The molecule has 0 unspecified atom stereocenters. The quantitative estimate of drug-likeness (QED) is 0.241. The number of benzene rings is 5. The third kappa shape index (κ3) is 3.24. The van der Waals surface area contributed by atoms with Crippen molar-refractivity contribution in [3.8, 4) is 27.9 Å². The lowest BCUT2D eigenvalue weighted by Gasteiger charge is -2.09. The van der Waals surface area contributed by atoms with Crippen LogP contribution in [-0.2, 0) is 0 Å². The minimum atomic E-state index is 1.08. The summed E-state index contributed by atoms with van der Waals surface area (Å²) in [5.41, 5.74) is 8.51. The highest BCUT2D eigenvalue weighted by atomic mass is 79.9. The van der Waals surface area contributed by atoms with E-state index in [-0.39, 0.29) is 0 Å². The Hall–Kier alpha value is -3.62. The molecule has 5 aromatic carbocycles. The van der Waals surface area contributed by atoms with E-state index in [0.717, 1.165) is 10.2 Å². The lowest BCUT2D eigenvalue weighted by molar-refractivity contribution is 1.18. The summed E-state index contributed by atoms with van der Waals surface area (Å²) in [5.74, 6) is 0. The number of halogens is 1. The van der Waals surface area contributed by atoms with Crippen molar-refractivity contribution in [1.29, 1.82) is 0 Å². The second-order valence-corrected chi connectivity index (χ2v) is 8.93. The van der Waals surface area contributed by atoms with Gasteiger partial charge >= 0.3 is 0 Å². The number of nitrogens with zero attached hydrogens (tertiary/aromatic N) is 1. The van der Waals surface area contributed by atoms with Crippen LogP contribution < -0.4 is 0 Å². The molecule has 0 aliphatic rings. The van der Waals surface area contributed by atoms with Crippen molar-refractivity contribution in [2.45, 2.75) is 0 Å². The van der Waals surface area contributed by atoms with Crippen molar-refractivity contribution < 1.29 is 0 Å². The van der Waals surface area contributed by atoms with Gasteiger partial charge in [-0.05, 0) is 64.7 Å². The minimum absolute atomic E-state index is 1.08. The van der Waals surface area contributed by atoms with E-state index < -0.39 is 0 Å². The Morgan fingerprint density at radius 1 is 0.438 bits per heavy atom. The topological polar surface area (TPSA) is 4.93 Å². The maximum Gasteiger partial charge on any atom is 0.0541 e. The summed E-state index contributed by atoms with van der Waals surface area (Å²) in [7, 11) is 0. The van der Waals surface area contributed by atoms with E-state index >= 15 is 0 Å². The Balaban J connectivity index is 1.68. The average molecular weight is 474 g/mol. The minimum Gasteiger partial charge on any atom is -0.309 e. The molecule has 0 aliphatic heterocycles. The summed E-state index contributed by atoms with van der Waals surface area (Å²) < 4.78 is 3.44. The Morgan fingerprint density at radius 2 is 0.969 bits per heavy atom. The number of aromatic nitrogens is 1. The zero-order valence-corrected chi connectivity index (χ0v) is 19.0. The lowest BCUT2D eigenvalue weighted by atomic mass is 10.0. The van der Waals surface area contributed by atoms with Gasteiger partial charge in [-0.2, -0.15) is 0 Å². The van der Waals surface area contributed by atoms with E-state index in [9.17, 15) is 0 Å². The molecule has 1 heterocycles. The molecule has 1 aromatic heterocycles. The predicted octanol–water partition coefficient (Wildman–Crippen LogP) is 8.88. The second-order valence-electron chi connectivity index (χ2n) is 8.01. The second kappa shape index (κ2) is 7.81. The maximum absolute atomic E-state index is 3.65. The molecular formula is C30H20BrN. The first kappa shape index (κ1) is 19.1. The lowest BCUT2D eigenvalue weighted by Crippen LogP contribution is -1.93. The molecule has 152 valence electrons. The Morgan fingerprint density at radius 3 is 1.47 bits per heavy atom. The molecule has 0 aliphatic carbocycles. The van der Waals surface area contributed by atoms with Gasteiger partial charge in [0, 0.05) is 20.9 Å². The summed E-state index contributed by atoms with van der Waals surface area (Å²) in [6, 6.07) is 43.3. The molecule has 0 bridgehead atoms. The smallest absolute Gasteiger partial charge is 0.0541 e. The predicted molar refractivity (Wildman–Crippen MR) is 139 cm³/mol. The van der Waals surface area contributed by atoms with Gasteiger partial charge in [-0.3, -0.25) is 0 Å². The van der Waals surface area contributed by atoms with E-state index in [1.165, 1.54) is 44.1 Å². The van der Waals surface area contributed by atoms with Gasteiger partial charge in [0.05, 0.1) is 11.0 Å². The van der Waals surface area contributed by atoms with Crippen molar-refractivity contribution in [3.63, 3.8) is 0 Å². The third-order valence-corrected chi connectivity index (χ3v) is 6.54. The fourth-order valence-corrected chi connectivity index (χ4v) is 4.92. The summed E-state index contributed by atoms with van der Waals surface area (Å²) >= 11 is 3.65. The van der Waals surface area contributed by atoms with Gasteiger partial charge in [-0.25, -0.2) is 0 Å². The normalized spacial score (nSPS) is 11.3. The van der Waals surface area contributed by atoms with Crippen molar-refractivity contribution in [1.82, 2.24) is 4.57 Å². The summed E-state index contributed by atoms with van der Waals surface area (Å²) in [4.78, 5) is 0. The highest BCUT2D eigenvalue weighted by molar-refractivity contribution is 9.10. The van der Waals surface area contributed by atoms with E-state index in [0.29, 0.717) is 0 Å². The van der Waals surface area contributed by atoms with Crippen molar-refractivity contribution in [2.24, 2.45) is 0 Å². The van der Waals surface area contributed by atoms with Gasteiger partial charge in [0.15, 0.2) is 0 Å². The van der Waals surface area contributed by atoms with Crippen LogP contribution in [-0.4, -0.2) is 4.57 Å². The molecular weight excluding hydrogens is 454 g/mol. The van der Waals surface area contributed by atoms with Crippen LogP contribution in [0, 0.1) is 0 Å². The molecule has 0 N–H and O–H groups in total. The molecule has 6 rings (SSSR count). The van der Waals surface area contributed by atoms with E-state index in [1.54, 1.807) is 0 Å². The van der Waals surface area contributed by atoms with Gasteiger partial charge in [0.1, 0.15) is 0 Å². The molecule has 0 fully saturated rings. The zero-order chi connectivity index (χ0) is 21.5. The summed E-state index contributed by atoms with van der Waals surface area (Å²) in [6.07, 6.45) is 0. The highest BCUT2D eigenvalue weighted by Crippen LogP contribution is 2.37. The summed E-state index contributed by atoms with van der Waals surface area (Å²) in [6.45, 7) is 0. The molecule has 0 spiro atoms. The fourth-order valence-electron chi connectivity index (χ4n) is 4.54. The fraction of sp³-hybridized carbons (Fsp3) is 0. The van der Waals surface area contributed by atoms with Crippen molar-refractivity contribution in [2.75, 3.05) is 0 Å². The van der Waals surface area contributed by atoms with Crippen LogP contribution in [0.4, 0.5) is 0 Å². The van der Waals surface area contributed by atoms with Crippen LogP contribution in [0.2, 0.25) is 0 Å². The van der Waals surface area contributed by atoms with Crippen LogP contribution in [0.15, 0.2) is 126 Å². The largest absolute Gasteiger partial charge is 0.309 e. The molecule has 2 heteroatoms. The van der Waals surface area contributed by atoms with Crippen molar-refractivity contribution >= 4 is 37.7 Å². The number of fused-ring (bicyclic) bond motifs is 3. The standard InChI is InChI=1S/C30H20BrN/c31-25-12-7-13-26(20-25)32-29-16-14-23(21-8-3-1-4-9-21)18-27(29)28-19-24(15-17-30(28)32)22-10-5-2-6-11-22/h1-20H. The first-order chi connectivity index (χ1) is 15.8. The highest BCUT2D eigenvalue weighted by Gasteiger charge is 2.14. The number of rotatable bonds is 3. The zero-order valence-electron chi connectivity index (χ0n) is 17.4. The number of hydrogen-bond acceptors (Lipinski definition) is 0. The SMILES string of the molecule is Brc1cccc(-n2c3ccc(-c4ccccc4)cc3c3cc(-c4ccccc4)ccc32)c1. The molecule has 0 atom stereocenters. The maximum atomic E-state index is 3.65. The Labute approximate surface area is 195 Å². The van der Waals surface area contributed by atoms with Gasteiger partial charge < -0.3 is 4.57 Å². The third-order valence-electron chi connectivity index (χ3n) is 6.05. The van der Waals surface area contributed by atoms with Crippen LogP contribution in [0.1, 0.15) is 0 Å². The van der Waals surface area contributed by atoms with Crippen LogP contribution in [0.5, 0.6) is 0 Å². The molecule has 6 aromatic rings. The molecule has 1 nitrogen and oxygen atoms in total. The van der Waals surface area contributed by atoms with Gasteiger partial charge in [0.25, 0.3) is 0 Å². The Kier molecular flexibility index (Phi) is 4.66. The van der Waals surface area contributed by atoms with Gasteiger partial charge in [-0.1, -0.05) is 94.8 Å². The van der Waals surface area contributed by atoms with Gasteiger partial charge in [-0.15, -0.1) is 0 Å². The van der Waals surface area contributed by atoms with Crippen LogP contribution in [0.25, 0.3) is 49.7 Å². The number of hydrogen-bond donors (Lipinski definition) is 0. The van der Waals surface area contributed by atoms with Crippen LogP contribution in [0.3, 0.4) is 0 Å². The van der Waals surface area contributed by atoms with E-state index in [1.807, 2.05) is 0 Å². The molecule has 0 saturated carbocycles. The molecule has 32 heavy (non-hydrogen) atoms. The molecule has 0 saturated heterocycles. The first-order valence-electron chi connectivity index (χ1n) is 10.7. The Bertz CT molecular complexity index is 1470. The molecule has 0 amide bonds. The molecule has 0 radical (unpaired) electrons. The first-order valence-corrected chi connectivity index (χ1v) is 11.5. The van der Waals surface area contributed by atoms with Gasteiger partial charge in [0.2, 0.25) is 0 Å². The van der Waals surface area contributed by atoms with Crippen LogP contribution >= 0.6 is 15.9 Å².